The second-order valence-corrected chi connectivity index (χ2v) is 9.20. The van der Waals surface area contributed by atoms with E-state index in [1.807, 2.05) is 60.4 Å². The molecule has 2 saturated heterocycles. The lowest BCUT2D eigenvalue weighted by Gasteiger charge is -2.40. The number of fused-ring (bicyclic) bond motifs is 2. The lowest BCUT2D eigenvalue weighted by molar-refractivity contribution is -0.0397. The Balaban J connectivity index is 1.17. The lowest BCUT2D eigenvalue weighted by Crippen LogP contribution is -2.59. The number of carbonyl (C=O) groups is 2. The van der Waals surface area contributed by atoms with Gasteiger partial charge in [0.05, 0.1) is 17.8 Å². The fourth-order valence-electron chi connectivity index (χ4n) is 5.41. The van der Waals surface area contributed by atoms with Gasteiger partial charge in [0.2, 0.25) is 0 Å². The number of carbonyl (C=O) groups excluding carboxylic acids is 2. The van der Waals surface area contributed by atoms with Crippen LogP contribution in [-0.4, -0.2) is 47.7 Å². The molecule has 0 unspecified atom stereocenters. The van der Waals surface area contributed by atoms with Gasteiger partial charge < -0.3 is 24.7 Å². The number of likely N-dealkylation sites (tertiary alicyclic amines) is 1. The molecule has 7 nitrogen and oxygen atoms in total. The highest BCUT2D eigenvalue weighted by Crippen LogP contribution is 2.43. The highest BCUT2D eigenvalue weighted by Gasteiger charge is 2.53. The molecule has 0 bridgehead atoms. The zero-order chi connectivity index (χ0) is 21.9. The van der Waals surface area contributed by atoms with Crippen LogP contribution >= 0.6 is 0 Å². The first-order chi connectivity index (χ1) is 15.5. The predicted molar refractivity (Wildman–Crippen MR) is 120 cm³/mol. The summed E-state index contributed by atoms with van der Waals surface area (Å²) in [7, 11) is 0. The van der Waals surface area contributed by atoms with E-state index in [1.165, 1.54) is 0 Å². The summed E-state index contributed by atoms with van der Waals surface area (Å²) in [5.41, 5.74) is 2.15. The van der Waals surface area contributed by atoms with Gasteiger partial charge in [0.15, 0.2) is 5.76 Å². The average Bonchev–Trinajstić information content (AvgIpc) is 3.32. The summed E-state index contributed by atoms with van der Waals surface area (Å²) in [6, 6.07) is 15.3. The predicted octanol–water partition coefficient (Wildman–Crippen LogP) is 3.69. The normalized spacial score (nSPS) is 23.9. The summed E-state index contributed by atoms with van der Waals surface area (Å²) >= 11 is 0. The molecule has 2 fully saturated rings. The van der Waals surface area contributed by atoms with Crippen LogP contribution in [0.3, 0.4) is 0 Å². The molecule has 0 saturated carbocycles. The Morgan fingerprint density at radius 3 is 2.59 bits per heavy atom. The van der Waals surface area contributed by atoms with Crippen LogP contribution in [0.4, 0.5) is 5.69 Å². The van der Waals surface area contributed by atoms with Crippen LogP contribution in [0.1, 0.15) is 45.7 Å². The largest absolute Gasteiger partial charge is 0.451 e. The number of hydrogen-bond acceptors (Lipinski definition) is 5. The minimum Gasteiger partial charge on any atom is -0.451 e. The number of anilines is 1. The number of furan rings is 1. The van der Waals surface area contributed by atoms with Crippen LogP contribution in [0.2, 0.25) is 0 Å². The molecule has 2 N–H and O–H groups in total. The van der Waals surface area contributed by atoms with Gasteiger partial charge in [0.25, 0.3) is 11.8 Å². The van der Waals surface area contributed by atoms with Crippen molar-refractivity contribution in [3.8, 4) is 0 Å². The van der Waals surface area contributed by atoms with Crippen molar-refractivity contribution >= 4 is 28.5 Å². The van der Waals surface area contributed by atoms with Crippen LogP contribution in [-0.2, 0) is 4.74 Å². The molecule has 7 heteroatoms. The van der Waals surface area contributed by atoms with Gasteiger partial charge in [-0.25, -0.2) is 0 Å². The molecule has 3 aromatic rings. The Morgan fingerprint density at radius 2 is 1.78 bits per heavy atom. The highest BCUT2D eigenvalue weighted by atomic mass is 16.5. The van der Waals surface area contributed by atoms with Gasteiger partial charge in [-0.3, -0.25) is 9.59 Å². The van der Waals surface area contributed by atoms with Crippen molar-refractivity contribution in [1.82, 2.24) is 10.2 Å². The van der Waals surface area contributed by atoms with Gasteiger partial charge in [-0.1, -0.05) is 30.3 Å². The maximum absolute atomic E-state index is 13.2. The number of nitrogens with one attached hydrogen (secondary N) is 2. The molecule has 3 aliphatic rings. The first-order valence-electron chi connectivity index (χ1n) is 11.1. The van der Waals surface area contributed by atoms with Crippen molar-refractivity contribution in [3.05, 3.63) is 65.4 Å². The number of amides is 2. The van der Waals surface area contributed by atoms with E-state index in [-0.39, 0.29) is 17.4 Å². The lowest BCUT2D eigenvalue weighted by atomic mass is 9.84. The molecule has 32 heavy (non-hydrogen) atoms. The Hall–Kier alpha value is -3.32. The van der Waals surface area contributed by atoms with Gasteiger partial charge >= 0.3 is 0 Å². The second kappa shape index (κ2) is 6.84. The summed E-state index contributed by atoms with van der Waals surface area (Å²) in [6.07, 6.45) is 2.11. The third-order valence-electron chi connectivity index (χ3n) is 7.15. The van der Waals surface area contributed by atoms with Crippen molar-refractivity contribution in [3.63, 3.8) is 0 Å². The first-order valence-corrected chi connectivity index (χ1v) is 11.1. The van der Waals surface area contributed by atoms with Crippen LogP contribution in [0.15, 0.2) is 52.9 Å². The number of para-hydroxylation sites is 2. The zero-order valence-electron chi connectivity index (χ0n) is 17.9. The van der Waals surface area contributed by atoms with E-state index in [9.17, 15) is 9.59 Å². The molecule has 4 heterocycles. The second-order valence-electron chi connectivity index (χ2n) is 9.20. The number of nitrogens with zero attached hydrogens (tertiary/aromatic N) is 1. The first kappa shape index (κ1) is 19.4. The van der Waals surface area contributed by atoms with Crippen molar-refractivity contribution in [1.29, 1.82) is 0 Å². The number of piperidine rings is 1. The third kappa shape index (κ3) is 2.92. The van der Waals surface area contributed by atoms with Crippen molar-refractivity contribution in [2.75, 3.05) is 25.0 Å². The molecule has 0 radical (unpaired) electrons. The molecule has 1 atom stereocenters. The number of hydrogen-bond donors (Lipinski definition) is 2. The summed E-state index contributed by atoms with van der Waals surface area (Å²) in [6.45, 7) is 3.53. The standard InChI is InChI=1S/C25H25N3O4/c1-16-17-6-3-5-9-20(17)32-21(16)23(30)28-12-10-24(11-13-28)14-25(15-31-24)26-19-8-4-2-7-18(19)22(29)27-25/h2-9,26H,10-15H2,1H3,(H,27,29)/t25-/m1/s1. The Morgan fingerprint density at radius 1 is 1.03 bits per heavy atom. The average molecular weight is 431 g/mol. The van der Waals surface area contributed by atoms with Gasteiger partial charge in [-0.15, -0.1) is 0 Å². The van der Waals surface area contributed by atoms with Gasteiger partial charge in [-0.2, -0.15) is 0 Å². The summed E-state index contributed by atoms with van der Waals surface area (Å²) in [4.78, 5) is 27.7. The van der Waals surface area contributed by atoms with Crippen molar-refractivity contribution in [2.24, 2.45) is 0 Å². The fourth-order valence-corrected chi connectivity index (χ4v) is 5.41. The molecular weight excluding hydrogens is 406 g/mol. The maximum Gasteiger partial charge on any atom is 0.289 e. The van der Waals surface area contributed by atoms with E-state index in [1.54, 1.807) is 0 Å². The number of rotatable bonds is 1. The summed E-state index contributed by atoms with van der Waals surface area (Å²) in [5, 5.41) is 7.61. The molecule has 1 aromatic heterocycles. The highest BCUT2D eigenvalue weighted by molar-refractivity contribution is 6.02. The van der Waals surface area contributed by atoms with Crippen LogP contribution < -0.4 is 10.6 Å². The van der Waals surface area contributed by atoms with E-state index in [2.05, 4.69) is 10.6 Å². The number of ether oxygens (including phenoxy) is 1. The van der Waals surface area contributed by atoms with E-state index in [0.717, 1.165) is 35.1 Å². The number of benzene rings is 2. The van der Waals surface area contributed by atoms with E-state index in [0.29, 0.717) is 37.4 Å². The molecular formula is C25H25N3O4. The van der Waals surface area contributed by atoms with E-state index in [4.69, 9.17) is 9.15 Å². The molecule has 2 amide bonds. The fraction of sp³-hybridized carbons (Fsp3) is 0.360. The topological polar surface area (TPSA) is 83.8 Å². The molecule has 164 valence electrons. The van der Waals surface area contributed by atoms with Gasteiger partial charge in [-0.05, 0) is 38.0 Å². The quantitative estimate of drug-likeness (QED) is 0.614. The van der Waals surface area contributed by atoms with E-state index < -0.39 is 5.66 Å². The molecule has 2 spiro atoms. The third-order valence-corrected chi connectivity index (χ3v) is 7.15. The minimum absolute atomic E-state index is 0.0701. The Bertz CT molecular complexity index is 1240. The zero-order valence-corrected chi connectivity index (χ0v) is 17.9. The van der Waals surface area contributed by atoms with Gasteiger partial charge in [0.1, 0.15) is 11.2 Å². The van der Waals surface area contributed by atoms with Crippen molar-refractivity contribution in [2.45, 2.75) is 37.5 Å². The molecule has 6 rings (SSSR count). The number of aryl methyl sites for hydroxylation is 1. The Kier molecular flexibility index (Phi) is 4.14. The summed E-state index contributed by atoms with van der Waals surface area (Å²) in [5.74, 6) is 0.274. The minimum atomic E-state index is -0.604. The smallest absolute Gasteiger partial charge is 0.289 e. The van der Waals surface area contributed by atoms with Crippen LogP contribution in [0.5, 0.6) is 0 Å². The summed E-state index contributed by atoms with van der Waals surface area (Å²) < 4.78 is 12.2. The molecule has 0 aliphatic carbocycles. The maximum atomic E-state index is 13.2. The monoisotopic (exact) mass is 431 g/mol. The van der Waals surface area contributed by atoms with Gasteiger partial charge in [0, 0.05) is 36.1 Å². The Labute approximate surface area is 185 Å². The van der Waals surface area contributed by atoms with Crippen LogP contribution in [0.25, 0.3) is 11.0 Å². The molecule has 2 aromatic carbocycles. The molecule has 3 aliphatic heterocycles. The van der Waals surface area contributed by atoms with E-state index >= 15 is 0 Å². The SMILES string of the molecule is Cc1c(C(=O)N2CCC3(CC2)C[C@]2(CO3)NC(=O)c3ccccc3N2)oc2ccccc12. The van der Waals surface area contributed by atoms with Crippen molar-refractivity contribution < 1.29 is 18.7 Å². The van der Waals surface area contributed by atoms with Crippen LogP contribution in [0, 0.1) is 6.92 Å².